The average Bonchev–Trinajstić information content (AvgIpc) is 3.17. The van der Waals surface area contributed by atoms with E-state index in [1.807, 2.05) is 21.1 Å². The molecule has 0 bridgehead atoms. The van der Waals surface area contributed by atoms with Crippen LogP contribution in [0, 0.1) is 0 Å². The van der Waals surface area contributed by atoms with E-state index < -0.39 is 18.1 Å². The fourth-order valence-electron chi connectivity index (χ4n) is 6.67. The summed E-state index contributed by atoms with van der Waals surface area (Å²) >= 11 is 0. The molecular formula is C49H88NO7+. The van der Waals surface area contributed by atoms with Gasteiger partial charge >= 0.3 is 17.9 Å². The van der Waals surface area contributed by atoms with Crippen LogP contribution in [0.15, 0.2) is 48.6 Å². The maximum atomic E-state index is 12.7. The van der Waals surface area contributed by atoms with Gasteiger partial charge in [0.2, 0.25) is 0 Å². The van der Waals surface area contributed by atoms with Crippen LogP contribution in [0.25, 0.3) is 0 Å². The molecule has 0 spiro atoms. The van der Waals surface area contributed by atoms with E-state index in [1.54, 1.807) is 0 Å². The predicted octanol–water partition coefficient (Wildman–Crippen LogP) is 12.8. The summed E-state index contributed by atoms with van der Waals surface area (Å²) in [7, 11) is 5.52. The Balaban J connectivity index is 4.19. The number of carbonyl (C=O) groups excluding carboxylic acids is 2. The van der Waals surface area contributed by atoms with Crippen molar-refractivity contribution in [2.24, 2.45) is 0 Å². The Hall–Kier alpha value is -2.71. The van der Waals surface area contributed by atoms with Gasteiger partial charge in [0.15, 0.2) is 12.1 Å². The SMILES string of the molecule is CC/C=C/C/C=C/C/C=C/C/C=C/CCCCCCCCCCCCC(=O)OCC(COCCC(C(=O)O)[N+](C)(C)C)OC(=O)CCCCCCCCCCCC. The minimum Gasteiger partial charge on any atom is -0.477 e. The van der Waals surface area contributed by atoms with Gasteiger partial charge in [0.1, 0.15) is 6.61 Å². The van der Waals surface area contributed by atoms with Crippen molar-refractivity contribution in [3.63, 3.8) is 0 Å². The third-order valence-electron chi connectivity index (χ3n) is 10.2. The number of allylic oxidation sites excluding steroid dienone is 8. The molecular weight excluding hydrogens is 715 g/mol. The van der Waals surface area contributed by atoms with Gasteiger partial charge in [0, 0.05) is 19.3 Å². The molecule has 0 saturated carbocycles. The van der Waals surface area contributed by atoms with E-state index in [2.05, 4.69) is 62.5 Å². The highest BCUT2D eigenvalue weighted by atomic mass is 16.6. The highest BCUT2D eigenvalue weighted by Gasteiger charge is 2.31. The molecule has 0 amide bonds. The molecule has 0 heterocycles. The van der Waals surface area contributed by atoms with Crippen molar-refractivity contribution in [3.8, 4) is 0 Å². The number of quaternary nitrogens is 1. The monoisotopic (exact) mass is 803 g/mol. The zero-order valence-electron chi connectivity index (χ0n) is 37.5. The molecule has 0 aromatic carbocycles. The lowest BCUT2D eigenvalue weighted by atomic mass is 10.1. The van der Waals surface area contributed by atoms with Gasteiger partial charge in [-0.3, -0.25) is 9.59 Å². The van der Waals surface area contributed by atoms with Gasteiger partial charge in [0.25, 0.3) is 0 Å². The molecule has 0 fully saturated rings. The smallest absolute Gasteiger partial charge is 0.362 e. The first-order chi connectivity index (χ1) is 27.6. The van der Waals surface area contributed by atoms with Gasteiger partial charge in [-0.25, -0.2) is 4.79 Å². The number of nitrogens with zero attached hydrogens (tertiary/aromatic N) is 1. The van der Waals surface area contributed by atoms with E-state index in [-0.39, 0.29) is 36.2 Å². The van der Waals surface area contributed by atoms with Crippen LogP contribution >= 0.6 is 0 Å². The molecule has 0 aromatic rings. The Morgan fingerprint density at radius 1 is 0.544 bits per heavy atom. The van der Waals surface area contributed by atoms with E-state index in [9.17, 15) is 19.5 Å². The van der Waals surface area contributed by atoms with Crippen LogP contribution in [0.3, 0.4) is 0 Å². The number of carbonyl (C=O) groups is 3. The number of hydrogen-bond acceptors (Lipinski definition) is 6. The summed E-state index contributed by atoms with van der Waals surface area (Å²) < 4.78 is 17.3. The molecule has 0 aromatic heterocycles. The molecule has 0 aliphatic rings. The highest BCUT2D eigenvalue weighted by molar-refractivity contribution is 5.72. The summed E-state index contributed by atoms with van der Waals surface area (Å²) in [6, 6.07) is -0.613. The van der Waals surface area contributed by atoms with Crippen molar-refractivity contribution in [2.45, 2.75) is 206 Å². The Kier molecular flexibility index (Phi) is 38.2. The van der Waals surface area contributed by atoms with E-state index in [1.165, 1.54) is 96.3 Å². The first-order valence-electron chi connectivity index (χ1n) is 23.2. The molecule has 2 unspecified atom stereocenters. The highest BCUT2D eigenvalue weighted by Crippen LogP contribution is 2.15. The summed E-state index contributed by atoms with van der Waals surface area (Å²) in [6.45, 7) is 4.61. The number of esters is 2. The molecule has 0 saturated heterocycles. The molecule has 330 valence electrons. The lowest BCUT2D eigenvalue weighted by Gasteiger charge is -2.31. The number of hydrogen-bond donors (Lipinski definition) is 1. The first kappa shape index (κ1) is 54.3. The van der Waals surface area contributed by atoms with Crippen LogP contribution in [-0.4, -0.2) is 80.6 Å². The van der Waals surface area contributed by atoms with E-state index in [0.29, 0.717) is 19.3 Å². The predicted molar refractivity (Wildman–Crippen MR) is 238 cm³/mol. The molecule has 0 aliphatic carbocycles. The Morgan fingerprint density at radius 3 is 1.46 bits per heavy atom. The van der Waals surface area contributed by atoms with Gasteiger partial charge in [-0.05, 0) is 51.4 Å². The van der Waals surface area contributed by atoms with Crippen molar-refractivity contribution < 1.29 is 38.2 Å². The van der Waals surface area contributed by atoms with Gasteiger partial charge in [-0.1, -0.05) is 172 Å². The van der Waals surface area contributed by atoms with E-state index in [0.717, 1.165) is 64.2 Å². The summed E-state index contributed by atoms with van der Waals surface area (Å²) in [4.78, 5) is 36.9. The summed E-state index contributed by atoms with van der Waals surface area (Å²) in [5.41, 5.74) is 0. The summed E-state index contributed by atoms with van der Waals surface area (Å²) in [6.07, 6.45) is 47.3. The van der Waals surface area contributed by atoms with Crippen LogP contribution in [0.1, 0.15) is 194 Å². The minimum atomic E-state index is -0.876. The standard InChI is InChI=1S/C49H87NO7/c1-6-8-10-12-14-16-18-19-20-21-22-23-24-25-26-27-28-29-30-32-33-35-37-39-47(51)56-44-45(43-55-42-41-46(49(53)54)50(3,4)5)57-48(52)40-38-36-34-31-17-15-13-11-9-7-2/h8,10,14,16,19-20,22-23,45-46H,6-7,9,11-13,15,17-18,21,24-44H2,1-5H3/p+1/b10-8+,16-14+,20-19+,23-22+. The van der Waals surface area contributed by atoms with Gasteiger partial charge in [-0.15, -0.1) is 0 Å². The van der Waals surface area contributed by atoms with Crippen molar-refractivity contribution in [1.29, 1.82) is 0 Å². The lowest BCUT2D eigenvalue weighted by molar-refractivity contribution is -0.887. The van der Waals surface area contributed by atoms with E-state index >= 15 is 0 Å². The molecule has 2 atom stereocenters. The quantitative estimate of drug-likeness (QED) is 0.0284. The first-order valence-corrected chi connectivity index (χ1v) is 23.2. The fraction of sp³-hybridized carbons (Fsp3) is 0.776. The van der Waals surface area contributed by atoms with Gasteiger partial charge in [-0.2, -0.15) is 0 Å². The third-order valence-corrected chi connectivity index (χ3v) is 10.2. The van der Waals surface area contributed by atoms with Crippen molar-refractivity contribution in [1.82, 2.24) is 0 Å². The molecule has 8 nitrogen and oxygen atoms in total. The number of aliphatic carboxylic acids is 1. The zero-order chi connectivity index (χ0) is 42.1. The second-order valence-electron chi connectivity index (χ2n) is 16.6. The molecule has 0 radical (unpaired) electrons. The maximum Gasteiger partial charge on any atom is 0.362 e. The fourth-order valence-corrected chi connectivity index (χ4v) is 6.67. The average molecular weight is 803 g/mol. The molecule has 0 rings (SSSR count). The topological polar surface area (TPSA) is 99.1 Å². The molecule has 1 N–H and O–H groups in total. The maximum absolute atomic E-state index is 12.7. The van der Waals surface area contributed by atoms with Crippen LogP contribution in [0.5, 0.6) is 0 Å². The van der Waals surface area contributed by atoms with Crippen molar-refractivity contribution in [3.05, 3.63) is 48.6 Å². The minimum absolute atomic E-state index is 0.0518. The van der Waals surface area contributed by atoms with Crippen LogP contribution in [0.2, 0.25) is 0 Å². The second kappa shape index (κ2) is 40.1. The largest absolute Gasteiger partial charge is 0.477 e. The summed E-state index contributed by atoms with van der Waals surface area (Å²) in [5, 5.41) is 9.61. The zero-order valence-corrected chi connectivity index (χ0v) is 37.5. The number of rotatable bonds is 41. The Labute approximate surface area is 350 Å². The second-order valence-corrected chi connectivity index (χ2v) is 16.6. The van der Waals surface area contributed by atoms with Crippen molar-refractivity contribution >= 4 is 17.9 Å². The Bertz CT molecular complexity index is 1070. The number of ether oxygens (including phenoxy) is 3. The number of unbranched alkanes of at least 4 members (excludes halogenated alkanes) is 19. The molecule has 0 aliphatic heterocycles. The molecule has 8 heteroatoms. The normalized spacial score (nSPS) is 13.4. The lowest BCUT2D eigenvalue weighted by Crippen LogP contribution is -2.50. The molecule has 57 heavy (non-hydrogen) atoms. The van der Waals surface area contributed by atoms with Crippen LogP contribution in [-0.2, 0) is 28.6 Å². The third kappa shape index (κ3) is 38.6. The Morgan fingerprint density at radius 2 is 0.982 bits per heavy atom. The summed E-state index contributed by atoms with van der Waals surface area (Å²) in [5.74, 6) is -1.47. The number of likely N-dealkylation sites (N-methyl/N-ethyl adjacent to an activating group) is 1. The number of carboxylic acid groups (broad SMARTS) is 1. The van der Waals surface area contributed by atoms with Gasteiger partial charge < -0.3 is 23.8 Å². The van der Waals surface area contributed by atoms with Crippen LogP contribution < -0.4 is 0 Å². The van der Waals surface area contributed by atoms with E-state index in [4.69, 9.17) is 14.2 Å². The van der Waals surface area contributed by atoms with Crippen molar-refractivity contribution in [2.75, 3.05) is 41.0 Å². The van der Waals surface area contributed by atoms with Crippen LogP contribution in [0.4, 0.5) is 0 Å². The van der Waals surface area contributed by atoms with Gasteiger partial charge in [0.05, 0.1) is 34.4 Å². The number of carboxylic acids is 1.